The van der Waals surface area contributed by atoms with Crippen molar-refractivity contribution in [3.63, 3.8) is 0 Å². The number of carbonyl (C=O) groups excluding carboxylic acids is 1. The first kappa shape index (κ1) is 16.8. The molecule has 5 N–H and O–H groups in total. The van der Waals surface area contributed by atoms with Crippen LogP contribution >= 0.6 is 0 Å². The number of primary amides is 1. The summed E-state index contributed by atoms with van der Waals surface area (Å²) in [6.45, 7) is 4.07. The molecule has 0 aliphatic carbocycles. The lowest BCUT2D eigenvalue weighted by atomic mass is 10.0. The number of carbonyl (C=O) groups is 1. The van der Waals surface area contributed by atoms with Crippen LogP contribution in [-0.2, 0) is 4.79 Å². The highest BCUT2D eigenvalue weighted by Crippen LogP contribution is 2.21. The molecule has 7 heteroatoms. The van der Waals surface area contributed by atoms with Crippen LogP contribution in [0.3, 0.4) is 0 Å². The fraction of sp³-hybridized carbons (Fsp3) is 0.278. The maximum atomic E-state index is 11.6. The monoisotopic (exact) mass is 338 g/mol. The van der Waals surface area contributed by atoms with Crippen molar-refractivity contribution in [1.29, 1.82) is 0 Å². The molecule has 3 rings (SSSR count). The Balaban J connectivity index is 1.75. The molecule has 25 heavy (non-hydrogen) atoms. The fourth-order valence-electron chi connectivity index (χ4n) is 2.65. The van der Waals surface area contributed by atoms with Crippen LogP contribution in [-0.4, -0.2) is 26.9 Å². The van der Waals surface area contributed by atoms with Crippen molar-refractivity contribution in [3.8, 4) is 0 Å². The molecule has 0 unspecified atom stereocenters. The SMILES string of the molecule is CC(C)C[C@@H](Nc1nccc(Nc2ccc3[nH]ccc3c2)n1)C(N)=O. The first-order valence-electron chi connectivity index (χ1n) is 8.24. The molecule has 0 aliphatic rings. The second-order valence-electron chi connectivity index (χ2n) is 6.40. The van der Waals surface area contributed by atoms with Crippen molar-refractivity contribution >= 4 is 34.3 Å². The molecule has 3 aromatic rings. The van der Waals surface area contributed by atoms with Crippen molar-refractivity contribution in [2.45, 2.75) is 26.3 Å². The first-order chi connectivity index (χ1) is 12.0. The maximum Gasteiger partial charge on any atom is 0.240 e. The molecule has 1 aromatic carbocycles. The summed E-state index contributed by atoms with van der Waals surface area (Å²) in [5, 5.41) is 7.38. The van der Waals surface area contributed by atoms with E-state index < -0.39 is 11.9 Å². The minimum atomic E-state index is -0.494. The van der Waals surface area contributed by atoms with Gasteiger partial charge in [0.2, 0.25) is 11.9 Å². The number of benzene rings is 1. The second kappa shape index (κ2) is 7.21. The minimum absolute atomic E-state index is 0.333. The van der Waals surface area contributed by atoms with Gasteiger partial charge in [-0.1, -0.05) is 13.8 Å². The zero-order valence-corrected chi connectivity index (χ0v) is 14.3. The molecule has 0 aliphatic heterocycles. The van der Waals surface area contributed by atoms with E-state index in [1.54, 1.807) is 12.3 Å². The van der Waals surface area contributed by atoms with Crippen LogP contribution in [0.15, 0.2) is 42.7 Å². The Hall–Kier alpha value is -3.09. The first-order valence-corrected chi connectivity index (χ1v) is 8.24. The predicted octanol–water partition coefficient (Wildman–Crippen LogP) is 3.01. The fourth-order valence-corrected chi connectivity index (χ4v) is 2.65. The van der Waals surface area contributed by atoms with Crippen LogP contribution in [0.25, 0.3) is 10.9 Å². The maximum absolute atomic E-state index is 11.6. The van der Waals surface area contributed by atoms with Crippen molar-refractivity contribution in [2.75, 3.05) is 10.6 Å². The molecule has 0 saturated carbocycles. The average Bonchev–Trinajstić information content (AvgIpc) is 3.02. The van der Waals surface area contributed by atoms with Gasteiger partial charge in [0, 0.05) is 29.0 Å². The van der Waals surface area contributed by atoms with Gasteiger partial charge in [-0.2, -0.15) is 4.98 Å². The van der Waals surface area contributed by atoms with E-state index >= 15 is 0 Å². The number of hydrogen-bond acceptors (Lipinski definition) is 5. The number of nitrogens with one attached hydrogen (secondary N) is 3. The Morgan fingerprint density at radius 1 is 1.28 bits per heavy atom. The molecule has 0 spiro atoms. The lowest BCUT2D eigenvalue weighted by molar-refractivity contribution is -0.119. The summed E-state index contributed by atoms with van der Waals surface area (Å²) < 4.78 is 0. The van der Waals surface area contributed by atoms with E-state index in [0.717, 1.165) is 16.6 Å². The predicted molar refractivity (Wildman–Crippen MR) is 99.7 cm³/mol. The van der Waals surface area contributed by atoms with Gasteiger partial charge in [0.25, 0.3) is 0 Å². The van der Waals surface area contributed by atoms with Gasteiger partial charge in [-0.3, -0.25) is 4.79 Å². The molecule has 7 nitrogen and oxygen atoms in total. The van der Waals surface area contributed by atoms with Gasteiger partial charge in [0.1, 0.15) is 11.9 Å². The highest BCUT2D eigenvalue weighted by molar-refractivity contribution is 5.84. The van der Waals surface area contributed by atoms with Crippen molar-refractivity contribution in [1.82, 2.24) is 15.0 Å². The summed E-state index contributed by atoms with van der Waals surface area (Å²) in [5.74, 6) is 0.935. The molecule has 2 heterocycles. The van der Waals surface area contributed by atoms with Gasteiger partial charge in [-0.05, 0) is 42.7 Å². The van der Waals surface area contributed by atoms with Crippen molar-refractivity contribution < 1.29 is 4.79 Å². The zero-order chi connectivity index (χ0) is 17.8. The Morgan fingerprint density at radius 3 is 2.88 bits per heavy atom. The third kappa shape index (κ3) is 4.26. The van der Waals surface area contributed by atoms with Gasteiger partial charge >= 0.3 is 0 Å². The van der Waals surface area contributed by atoms with Crippen LogP contribution in [0.2, 0.25) is 0 Å². The van der Waals surface area contributed by atoms with E-state index in [0.29, 0.717) is 24.1 Å². The number of H-pyrrole nitrogens is 1. The molecule has 1 amide bonds. The number of rotatable bonds is 7. The standard InChI is InChI=1S/C18H22N6O/c1-11(2)9-15(17(19)25)23-18-21-8-6-16(24-18)22-13-3-4-14-12(10-13)5-7-20-14/h3-8,10-11,15,20H,9H2,1-2H3,(H2,19,25)(H2,21,22,23,24)/t15-/m1/s1. The van der Waals surface area contributed by atoms with E-state index in [9.17, 15) is 4.79 Å². The molecule has 0 bridgehead atoms. The lowest BCUT2D eigenvalue weighted by Gasteiger charge is -2.17. The molecule has 2 aromatic heterocycles. The number of aromatic nitrogens is 3. The third-order valence-corrected chi connectivity index (χ3v) is 3.84. The van der Waals surface area contributed by atoms with E-state index in [1.165, 1.54) is 0 Å². The minimum Gasteiger partial charge on any atom is -0.368 e. The van der Waals surface area contributed by atoms with E-state index in [1.807, 2.05) is 44.3 Å². The summed E-state index contributed by atoms with van der Waals surface area (Å²) in [6.07, 6.45) is 4.17. The number of nitrogens with zero attached hydrogens (tertiary/aromatic N) is 2. The number of fused-ring (bicyclic) bond motifs is 1. The summed E-state index contributed by atoms with van der Waals surface area (Å²) in [5.41, 5.74) is 7.46. The molecular formula is C18H22N6O. The smallest absolute Gasteiger partial charge is 0.240 e. The van der Waals surface area contributed by atoms with Gasteiger partial charge in [0.05, 0.1) is 0 Å². The summed E-state index contributed by atoms with van der Waals surface area (Å²) >= 11 is 0. The molecular weight excluding hydrogens is 316 g/mol. The van der Waals surface area contributed by atoms with Gasteiger partial charge < -0.3 is 21.4 Å². The average molecular weight is 338 g/mol. The second-order valence-corrected chi connectivity index (χ2v) is 6.40. The number of nitrogens with two attached hydrogens (primary N) is 1. The van der Waals surface area contributed by atoms with Crippen LogP contribution in [0.1, 0.15) is 20.3 Å². The quantitative estimate of drug-likeness (QED) is 0.529. The zero-order valence-electron chi connectivity index (χ0n) is 14.3. The van der Waals surface area contributed by atoms with Gasteiger partial charge in [0.15, 0.2) is 0 Å². The number of anilines is 3. The topological polar surface area (TPSA) is 109 Å². The van der Waals surface area contributed by atoms with Gasteiger partial charge in [-0.15, -0.1) is 0 Å². The van der Waals surface area contributed by atoms with E-state index in [-0.39, 0.29) is 0 Å². The lowest BCUT2D eigenvalue weighted by Crippen LogP contribution is -2.37. The number of hydrogen-bond donors (Lipinski definition) is 4. The van der Waals surface area contributed by atoms with E-state index in [2.05, 4.69) is 25.6 Å². The highest BCUT2D eigenvalue weighted by atomic mass is 16.1. The Morgan fingerprint density at radius 2 is 2.12 bits per heavy atom. The van der Waals surface area contributed by atoms with Gasteiger partial charge in [-0.25, -0.2) is 4.98 Å². The third-order valence-electron chi connectivity index (χ3n) is 3.84. The van der Waals surface area contributed by atoms with E-state index in [4.69, 9.17) is 5.73 Å². The molecule has 130 valence electrons. The molecule has 0 radical (unpaired) electrons. The molecule has 1 atom stereocenters. The summed E-state index contributed by atoms with van der Waals surface area (Å²) in [4.78, 5) is 23.4. The Labute approximate surface area is 146 Å². The molecule has 0 fully saturated rings. The normalized spacial score (nSPS) is 12.3. The van der Waals surface area contributed by atoms with Crippen LogP contribution in [0.5, 0.6) is 0 Å². The number of aromatic amines is 1. The van der Waals surface area contributed by atoms with Crippen LogP contribution in [0.4, 0.5) is 17.5 Å². The number of amides is 1. The van der Waals surface area contributed by atoms with Crippen molar-refractivity contribution in [2.24, 2.45) is 11.7 Å². The Bertz CT molecular complexity index is 873. The highest BCUT2D eigenvalue weighted by Gasteiger charge is 2.17. The van der Waals surface area contributed by atoms with Crippen molar-refractivity contribution in [3.05, 3.63) is 42.7 Å². The molecule has 0 saturated heterocycles. The summed E-state index contributed by atoms with van der Waals surface area (Å²) in [6, 6.07) is 9.30. The van der Waals surface area contributed by atoms with Crippen LogP contribution < -0.4 is 16.4 Å². The van der Waals surface area contributed by atoms with Crippen LogP contribution in [0, 0.1) is 5.92 Å². The Kier molecular flexibility index (Phi) is 4.83. The summed E-state index contributed by atoms with van der Waals surface area (Å²) in [7, 11) is 0. The largest absolute Gasteiger partial charge is 0.368 e.